The Morgan fingerprint density at radius 2 is 2.06 bits per heavy atom. The maximum absolute atomic E-state index is 13.1. The van der Waals surface area contributed by atoms with E-state index in [0.29, 0.717) is 19.1 Å². The first-order valence-electron chi connectivity index (χ1n) is 12.8. The summed E-state index contributed by atoms with van der Waals surface area (Å²) in [7, 11) is 0. The van der Waals surface area contributed by atoms with Gasteiger partial charge in [0.25, 0.3) is 5.56 Å². The molecule has 1 fully saturated rings. The fraction of sp³-hybridized carbons (Fsp3) is 0.481. The summed E-state index contributed by atoms with van der Waals surface area (Å²) in [6.07, 6.45) is 9.54. The van der Waals surface area contributed by atoms with Gasteiger partial charge in [0, 0.05) is 23.7 Å². The SMILES string of the molecule is CCC[C@@H](c1nnnn1Cc1ccco1)N(Cc1cc2cc(C)ccc2[nH]c1=O)C1CCCCC1. The number of benzene rings is 1. The number of hydrogen-bond acceptors (Lipinski definition) is 6. The van der Waals surface area contributed by atoms with E-state index in [9.17, 15) is 4.79 Å². The van der Waals surface area contributed by atoms with E-state index in [4.69, 9.17) is 4.42 Å². The molecule has 4 aromatic rings. The molecule has 0 radical (unpaired) electrons. The van der Waals surface area contributed by atoms with Crippen LogP contribution in [0.1, 0.15) is 80.6 Å². The van der Waals surface area contributed by atoms with Crippen molar-refractivity contribution in [1.82, 2.24) is 30.1 Å². The van der Waals surface area contributed by atoms with Gasteiger partial charge in [0.15, 0.2) is 5.82 Å². The minimum absolute atomic E-state index is 0.0145. The van der Waals surface area contributed by atoms with Gasteiger partial charge < -0.3 is 9.40 Å². The Balaban J connectivity index is 1.53. The number of hydrogen-bond donors (Lipinski definition) is 1. The molecule has 0 spiro atoms. The van der Waals surface area contributed by atoms with Crippen molar-refractivity contribution in [3.8, 4) is 0 Å². The highest BCUT2D eigenvalue weighted by Gasteiger charge is 2.32. The van der Waals surface area contributed by atoms with E-state index < -0.39 is 0 Å². The van der Waals surface area contributed by atoms with Crippen LogP contribution in [0.15, 0.2) is 51.9 Å². The van der Waals surface area contributed by atoms with Gasteiger partial charge in [-0.2, -0.15) is 0 Å². The molecule has 1 atom stereocenters. The Hall–Kier alpha value is -3.26. The largest absolute Gasteiger partial charge is 0.467 e. The maximum Gasteiger partial charge on any atom is 0.252 e. The Morgan fingerprint density at radius 1 is 1.20 bits per heavy atom. The molecule has 0 amide bonds. The van der Waals surface area contributed by atoms with Gasteiger partial charge in [-0.1, -0.05) is 44.2 Å². The first-order valence-corrected chi connectivity index (χ1v) is 12.8. The zero-order valence-corrected chi connectivity index (χ0v) is 20.6. The molecule has 35 heavy (non-hydrogen) atoms. The normalized spacial score (nSPS) is 15.7. The number of rotatable bonds is 9. The van der Waals surface area contributed by atoms with E-state index in [2.05, 4.69) is 51.4 Å². The fourth-order valence-electron chi connectivity index (χ4n) is 5.42. The summed E-state index contributed by atoms with van der Waals surface area (Å²) >= 11 is 0. The highest BCUT2D eigenvalue weighted by atomic mass is 16.3. The first kappa shape index (κ1) is 23.5. The number of aromatic nitrogens is 5. The van der Waals surface area contributed by atoms with Gasteiger partial charge in [0.1, 0.15) is 12.3 Å². The summed E-state index contributed by atoms with van der Waals surface area (Å²) in [6, 6.07) is 12.4. The lowest BCUT2D eigenvalue weighted by Gasteiger charge is -2.39. The summed E-state index contributed by atoms with van der Waals surface area (Å²) in [5.74, 6) is 1.65. The lowest BCUT2D eigenvalue weighted by Crippen LogP contribution is -2.41. The lowest BCUT2D eigenvalue weighted by atomic mass is 9.91. The number of fused-ring (bicyclic) bond motifs is 1. The van der Waals surface area contributed by atoms with Gasteiger partial charge in [-0.3, -0.25) is 9.69 Å². The fourth-order valence-corrected chi connectivity index (χ4v) is 5.42. The van der Waals surface area contributed by atoms with Crippen molar-refractivity contribution in [2.75, 3.05) is 0 Å². The zero-order chi connectivity index (χ0) is 24.2. The first-order chi connectivity index (χ1) is 17.1. The number of furan rings is 1. The summed E-state index contributed by atoms with van der Waals surface area (Å²) in [6.45, 7) is 5.33. The van der Waals surface area contributed by atoms with Gasteiger partial charge >= 0.3 is 0 Å². The number of aromatic amines is 1. The molecule has 3 aromatic heterocycles. The molecule has 8 heteroatoms. The van der Waals surface area contributed by atoms with Crippen molar-refractivity contribution in [2.24, 2.45) is 0 Å². The van der Waals surface area contributed by atoms with Crippen molar-refractivity contribution in [3.05, 3.63) is 75.7 Å². The zero-order valence-electron chi connectivity index (χ0n) is 20.6. The Bertz CT molecular complexity index is 1300. The van der Waals surface area contributed by atoms with Crippen LogP contribution in [0.2, 0.25) is 0 Å². The number of aryl methyl sites for hydroxylation is 1. The highest BCUT2D eigenvalue weighted by molar-refractivity contribution is 5.79. The summed E-state index contributed by atoms with van der Waals surface area (Å²) in [5.41, 5.74) is 2.83. The van der Waals surface area contributed by atoms with Crippen LogP contribution in [0.3, 0.4) is 0 Å². The third-order valence-electron chi connectivity index (χ3n) is 7.18. The third kappa shape index (κ3) is 5.22. The minimum atomic E-state index is -0.0208. The molecule has 1 aliphatic carbocycles. The van der Waals surface area contributed by atoms with Crippen LogP contribution in [-0.4, -0.2) is 36.1 Å². The van der Waals surface area contributed by atoms with Crippen LogP contribution < -0.4 is 5.56 Å². The van der Waals surface area contributed by atoms with E-state index in [-0.39, 0.29) is 11.6 Å². The van der Waals surface area contributed by atoms with E-state index in [1.165, 1.54) is 24.8 Å². The van der Waals surface area contributed by atoms with Crippen LogP contribution in [0, 0.1) is 6.92 Å². The molecule has 184 valence electrons. The molecule has 0 unspecified atom stereocenters. The van der Waals surface area contributed by atoms with Crippen LogP contribution in [0.4, 0.5) is 0 Å². The smallest absolute Gasteiger partial charge is 0.252 e. The van der Waals surface area contributed by atoms with Crippen molar-refractivity contribution in [1.29, 1.82) is 0 Å². The van der Waals surface area contributed by atoms with Crippen LogP contribution in [0.25, 0.3) is 10.9 Å². The summed E-state index contributed by atoms with van der Waals surface area (Å²) < 4.78 is 7.41. The van der Waals surface area contributed by atoms with E-state index in [1.807, 2.05) is 28.9 Å². The number of nitrogens with zero attached hydrogens (tertiary/aromatic N) is 5. The molecule has 0 bridgehead atoms. The second-order valence-corrected chi connectivity index (χ2v) is 9.76. The molecular formula is C27H34N6O2. The number of nitrogens with one attached hydrogen (secondary N) is 1. The second kappa shape index (κ2) is 10.6. The van der Waals surface area contributed by atoms with E-state index in [0.717, 1.165) is 53.7 Å². The van der Waals surface area contributed by atoms with E-state index in [1.54, 1.807) is 6.26 Å². The molecule has 0 saturated heterocycles. The topological polar surface area (TPSA) is 92.8 Å². The highest BCUT2D eigenvalue weighted by Crippen LogP contribution is 2.34. The van der Waals surface area contributed by atoms with Crippen LogP contribution in [-0.2, 0) is 13.1 Å². The number of tetrazole rings is 1. The Labute approximate surface area is 205 Å². The van der Waals surface area contributed by atoms with E-state index >= 15 is 0 Å². The predicted octanol–water partition coefficient (Wildman–Crippen LogP) is 5.14. The monoisotopic (exact) mass is 474 g/mol. The van der Waals surface area contributed by atoms with Crippen molar-refractivity contribution in [2.45, 2.75) is 84.0 Å². The quantitative estimate of drug-likeness (QED) is 0.361. The number of pyridine rings is 1. The van der Waals surface area contributed by atoms with Gasteiger partial charge in [0.2, 0.25) is 0 Å². The molecule has 8 nitrogen and oxygen atoms in total. The second-order valence-electron chi connectivity index (χ2n) is 9.76. The summed E-state index contributed by atoms with van der Waals surface area (Å²) in [4.78, 5) is 18.7. The average Bonchev–Trinajstić information content (AvgIpc) is 3.55. The molecule has 1 aromatic carbocycles. The molecular weight excluding hydrogens is 440 g/mol. The predicted molar refractivity (Wildman–Crippen MR) is 135 cm³/mol. The Morgan fingerprint density at radius 3 is 2.83 bits per heavy atom. The molecule has 1 saturated carbocycles. The molecule has 3 heterocycles. The van der Waals surface area contributed by atoms with Crippen molar-refractivity contribution in [3.63, 3.8) is 0 Å². The van der Waals surface area contributed by atoms with Gasteiger partial charge in [-0.25, -0.2) is 4.68 Å². The lowest BCUT2D eigenvalue weighted by molar-refractivity contribution is 0.0811. The number of H-pyrrole nitrogens is 1. The molecule has 1 N–H and O–H groups in total. The maximum atomic E-state index is 13.1. The minimum Gasteiger partial charge on any atom is -0.467 e. The average molecular weight is 475 g/mol. The van der Waals surface area contributed by atoms with Crippen LogP contribution in [0.5, 0.6) is 0 Å². The standard InChI is InChI=1S/C27H34N6O2/c1-3-8-25(26-29-30-31-33(26)18-23-11-7-14-35-23)32(22-9-5-4-6-10-22)17-21-16-20-15-19(2)12-13-24(20)28-27(21)34/h7,11-16,22,25H,3-6,8-10,17-18H2,1-2H3,(H,28,34)/t25-/m0/s1. The van der Waals surface area contributed by atoms with Crippen molar-refractivity contribution < 1.29 is 4.42 Å². The molecule has 0 aliphatic heterocycles. The Kier molecular flexibility index (Phi) is 7.08. The van der Waals surface area contributed by atoms with Gasteiger partial charge in [-0.15, -0.1) is 5.10 Å². The summed E-state index contributed by atoms with van der Waals surface area (Å²) in [5, 5.41) is 13.9. The van der Waals surface area contributed by atoms with Crippen LogP contribution >= 0.6 is 0 Å². The molecule has 1 aliphatic rings. The molecule has 5 rings (SSSR count). The van der Waals surface area contributed by atoms with Crippen molar-refractivity contribution >= 4 is 10.9 Å². The van der Waals surface area contributed by atoms with Gasteiger partial charge in [0.05, 0.1) is 12.3 Å². The van der Waals surface area contributed by atoms with Gasteiger partial charge in [-0.05, 0) is 72.3 Å². The third-order valence-corrected chi connectivity index (χ3v) is 7.18.